The Morgan fingerprint density at radius 3 is 2.32 bits per heavy atom. The maximum Gasteiger partial charge on any atom is 0.416 e. The van der Waals surface area contributed by atoms with Gasteiger partial charge in [-0.15, -0.1) is 0 Å². The zero-order chi connectivity index (χ0) is 36.2. The van der Waals surface area contributed by atoms with E-state index in [-0.39, 0.29) is 18.0 Å². The number of aromatic nitrogens is 2. The lowest BCUT2D eigenvalue weighted by atomic mass is 9.80. The topological polar surface area (TPSA) is 103 Å². The van der Waals surface area contributed by atoms with Crippen LogP contribution in [0.1, 0.15) is 45.6 Å². The van der Waals surface area contributed by atoms with Gasteiger partial charge in [0.2, 0.25) is 5.91 Å². The van der Waals surface area contributed by atoms with Crippen molar-refractivity contribution in [1.82, 2.24) is 24.9 Å². The van der Waals surface area contributed by atoms with Gasteiger partial charge < -0.3 is 20.4 Å². The molecule has 2 heterocycles. The number of hydrogen-bond donors (Lipinski definition) is 2. The molecule has 1 aromatic heterocycles. The lowest BCUT2D eigenvalue weighted by Gasteiger charge is -2.38. The Balaban J connectivity index is 1.67. The van der Waals surface area contributed by atoms with Crippen LogP contribution >= 0.6 is 0 Å². The number of amides is 3. The molecule has 1 aliphatic rings. The molecule has 3 aromatic carbocycles. The third-order valence-corrected chi connectivity index (χ3v) is 8.18. The number of para-hydroxylation sites is 1. The van der Waals surface area contributed by atoms with Gasteiger partial charge >= 0.3 is 6.18 Å². The Bertz CT molecular complexity index is 1890. The van der Waals surface area contributed by atoms with E-state index >= 15 is 0 Å². The molecule has 0 unspecified atom stereocenters. The van der Waals surface area contributed by atoms with Crippen LogP contribution in [-0.2, 0) is 22.3 Å². The number of alkyl halides is 3. The summed E-state index contributed by atoms with van der Waals surface area (Å²) in [7, 11) is 7.55. The second-order valence-electron chi connectivity index (χ2n) is 12.5. The van der Waals surface area contributed by atoms with E-state index in [0.29, 0.717) is 41.4 Å². The van der Waals surface area contributed by atoms with Gasteiger partial charge in [0.05, 0.1) is 16.9 Å². The first kappa shape index (κ1) is 36.0. The molecule has 0 aliphatic carbocycles. The minimum Gasteiger partial charge on any atom is -0.339 e. The molecule has 50 heavy (non-hydrogen) atoms. The lowest BCUT2D eigenvalue weighted by molar-refractivity contribution is -0.137. The molecule has 4 aromatic rings. The van der Waals surface area contributed by atoms with Crippen molar-refractivity contribution in [2.45, 2.75) is 31.6 Å². The maximum absolute atomic E-state index is 14.5. The molecule has 0 bridgehead atoms. The number of nitrogens with zero attached hydrogens (tertiary/aromatic N) is 5. The third kappa shape index (κ3) is 7.95. The summed E-state index contributed by atoms with van der Waals surface area (Å²) in [5.41, 5.74) is 1.87. The van der Waals surface area contributed by atoms with Crippen molar-refractivity contribution >= 4 is 29.2 Å². The highest BCUT2D eigenvalue weighted by molar-refractivity contribution is 6.05. The minimum absolute atomic E-state index is 0.226. The number of nitrogens with one attached hydrogen (secondary N) is 2. The molecule has 0 fully saturated rings. The van der Waals surface area contributed by atoms with Crippen LogP contribution in [0, 0.1) is 0 Å². The molecular weight excluding hydrogens is 647 g/mol. The van der Waals surface area contributed by atoms with Crippen LogP contribution in [0.3, 0.4) is 0 Å². The first-order chi connectivity index (χ1) is 23.8. The summed E-state index contributed by atoms with van der Waals surface area (Å²) in [5, 5.41) is 10.7. The van der Waals surface area contributed by atoms with Crippen LogP contribution in [0.15, 0.2) is 91.0 Å². The predicted molar refractivity (Wildman–Crippen MR) is 186 cm³/mol. The summed E-state index contributed by atoms with van der Waals surface area (Å²) in [6.45, 7) is 2.98. The molecule has 262 valence electrons. The molecule has 0 saturated heterocycles. The number of fused-ring (bicyclic) bond motifs is 1. The highest BCUT2D eigenvalue weighted by Gasteiger charge is 2.46. The van der Waals surface area contributed by atoms with E-state index in [4.69, 9.17) is 5.10 Å². The van der Waals surface area contributed by atoms with Crippen LogP contribution in [0.2, 0.25) is 0 Å². The maximum atomic E-state index is 14.5. The molecular formula is C37H40F3N7O3. The zero-order valence-corrected chi connectivity index (χ0v) is 28.5. The van der Waals surface area contributed by atoms with Gasteiger partial charge in [0, 0.05) is 48.4 Å². The van der Waals surface area contributed by atoms with Crippen molar-refractivity contribution in [1.29, 1.82) is 0 Å². The summed E-state index contributed by atoms with van der Waals surface area (Å²) in [6, 6.07) is 19.2. The SMILES string of the molecule is CCN1C(=O)[C@H](NC(=O)c2cccc(C(F)(F)F)c2)[C@@H](c2cccc(NC(=O)/C=C/CN(C)C)c2)c2c(CN(C)C)nn(-c3ccccc3)c21. The van der Waals surface area contributed by atoms with Crippen molar-refractivity contribution < 1.29 is 27.6 Å². The van der Waals surface area contributed by atoms with Crippen LogP contribution in [0.5, 0.6) is 0 Å². The van der Waals surface area contributed by atoms with E-state index in [0.717, 1.165) is 23.9 Å². The van der Waals surface area contributed by atoms with Crippen molar-refractivity contribution in [2.75, 3.05) is 51.5 Å². The van der Waals surface area contributed by atoms with Crippen molar-refractivity contribution in [2.24, 2.45) is 0 Å². The molecule has 0 saturated carbocycles. The number of carbonyl (C=O) groups excluding carboxylic acids is 3. The molecule has 5 rings (SSSR count). The first-order valence-corrected chi connectivity index (χ1v) is 16.1. The van der Waals surface area contributed by atoms with Gasteiger partial charge in [-0.1, -0.05) is 42.5 Å². The second-order valence-corrected chi connectivity index (χ2v) is 12.5. The van der Waals surface area contributed by atoms with Gasteiger partial charge in [0.15, 0.2) is 0 Å². The molecule has 0 radical (unpaired) electrons. The number of hydrogen-bond acceptors (Lipinski definition) is 6. The van der Waals surface area contributed by atoms with Crippen LogP contribution in [0.4, 0.5) is 24.7 Å². The van der Waals surface area contributed by atoms with E-state index in [9.17, 15) is 27.6 Å². The average molecular weight is 688 g/mol. The normalized spacial score (nSPS) is 16.3. The Hall–Kier alpha value is -5.27. The quantitative estimate of drug-likeness (QED) is 0.208. The number of carbonyl (C=O) groups is 3. The van der Waals surface area contributed by atoms with E-state index < -0.39 is 35.5 Å². The average Bonchev–Trinajstić information content (AvgIpc) is 3.42. The van der Waals surface area contributed by atoms with Gasteiger partial charge in [-0.3, -0.25) is 19.3 Å². The Morgan fingerprint density at radius 1 is 0.940 bits per heavy atom. The highest BCUT2D eigenvalue weighted by Crippen LogP contribution is 2.44. The Labute approximate surface area is 289 Å². The summed E-state index contributed by atoms with van der Waals surface area (Å²) in [5.74, 6) is -1.94. The molecule has 13 heteroatoms. The van der Waals surface area contributed by atoms with Crippen LogP contribution in [-0.4, -0.2) is 84.6 Å². The lowest BCUT2D eigenvalue weighted by Crippen LogP contribution is -2.55. The fourth-order valence-corrected chi connectivity index (χ4v) is 6.03. The summed E-state index contributed by atoms with van der Waals surface area (Å²) in [6.07, 6.45) is -1.49. The number of benzene rings is 3. The third-order valence-electron chi connectivity index (χ3n) is 8.18. The number of rotatable bonds is 11. The van der Waals surface area contributed by atoms with Crippen LogP contribution in [0.25, 0.3) is 5.69 Å². The molecule has 1 aliphatic heterocycles. The second kappa shape index (κ2) is 15.1. The van der Waals surface area contributed by atoms with Gasteiger partial charge in [0.25, 0.3) is 11.8 Å². The molecule has 0 spiro atoms. The zero-order valence-electron chi connectivity index (χ0n) is 28.5. The molecule has 3 amide bonds. The summed E-state index contributed by atoms with van der Waals surface area (Å²) in [4.78, 5) is 46.4. The number of anilines is 2. The van der Waals surface area contributed by atoms with Crippen molar-refractivity contribution in [3.63, 3.8) is 0 Å². The fraction of sp³-hybridized carbons (Fsp3) is 0.297. The van der Waals surface area contributed by atoms with Gasteiger partial charge in [-0.2, -0.15) is 18.3 Å². The monoisotopic (exact) mass is 687 g/mol. The standard InChI is InChI=1S/C37H40F3N7O3/c1-6-46-35-32(29(23-45(4)5)43-47(35)28-17-8-7-9-18-28)31(24-13-11-16-27(22-24)41-30(48)19-12-20-44(2)3)33(36(46)50)42-34(49)25-14-10-15-26(21-25)37(38,39)40/h7-19,21-22,31,33H,6,20,23H2,1-5H3,(H,41,48)(H,42,49)/b19-12+/t31-,33+/m0/s1. The van der Waals surface area contributed by atoms with Crippen LogP contribution < -0.4 is 15.5 Å². The first-order valence-electron chi connectivity index (χ1n) is 16.1. The summed E-state index contributed by atoms with van der Waals surface area (Å²) >= 11 is 0. The van der Waals surface area contributed by atoms with Crippen molar-refractivity contribution in [3.8, 4) is 5.69 Å². The van der Waals surface area contributed by atoms with E-state index in [1.807, 2.05) is 75.2 Å². The molecule has 2 N–H and O–H groups in total. The van der Waals surface area contributed by atoms with E-state index in [1.54, 1.807) is 39.9 Å². The van der Waals surface area contributed by atoms with E-state index in [2.05, 4.69) is 10.6 Å². The minimum atomic E-state index is -4.66. The number of halogens is 3. The predicted octanol–water partition coefficient (Wildman–Crippen LogP) is 5.31. The fourth-order valence-electron chi connectivity index (χ4n) is 6.03. The van der Waals surface area contributed by atoms with Crippen molar-refractivity contribution in [3.05, 3.63) is 119 Å². The summed E-state index contributed by atoms with van der Waals surface area (Å²) < 4.78 is 42.5. The Kier molecular flexibility index (Phi) is 10.9. The Morgan fingerprint density at radius 2 is 1.66 bits per heavy atom. The number of likely N-dealkylation sites (N-methyl/N-ethyl adjacent to an activating group) is 2. The molecule has 10 nitrogen and oxygen atoms in total. The largest absolute Gasteiger partial charge is 0.416 e. The highest BCUT2D eigenvalue weighted by atomic mass is 19.4. The van der Waals surface area contributed by atoms with Gasteiger partial charge in [-0.25, -0.2) is 4.68 Å². The molecule has 2 atom stereocenters. The van der Waals surface area contributed by atoms with E-state index in [1.165, 1.54) is 12.1 Å². The smallest absolute Gasteiger partial charge is 0.339 e. The van der Waals surface area contributed by atoms with Gasteiger partial charge in [-0.05, 0) is 83.1 Å². The van der Waals surface area contributed by atoms with Gasteiger partial charge in [0.1, 0.15) is 11.9 Å².